The normalized spacial score (nSPS) is 20.6. The molecule has 1 unspecified atom stereocenters. The molecule has 2 atom stereocenters. The molecule has 0 aromatic heterocycles. The lowest BCUT2D eigenvalue weighted by atomic mass is 10.0. The van der Waals surface area contributed by atoms with E-state index in [1.807, 2.05) is 13.8 Å². The van der Waals surface area contributed by atoms with Crippen LogP contribution >= 0.6 is 0 Å². The molecule has 1 rings (SSSR count). The predicted octanol–water partition coefficient (Wildman–Crippen LogP) is 0.311. The zero-order valence-electron chi connectivity index (χ0n) is 11.1. The fraction of sp³-hybridized carbons (Fsp3) is 0.692. The summed E-state index contributed by atoms with van der Waals surface area (Å²) in [6.07, 6.45) is 7.01. The molecule has 0 saturated carbocycles. The van der Waals surface area contributed by atoms with Gasteiger partial charge in [-0.2, -0.15) is 0 Å². The monoisotopic (exact) mass is 253 g/mol. The molecular formula is C13H23N3O2. The van der Waals surface area contributed by atoms with Crippen LogP contribution in [-0.4, -0.2) is 30.4 Å². The van der Waals surface area contributed by atoms with Gasteiger partial charge in [0.1, 0.15) is 0 Å². The second kappa shape index (κ2) is 7.16. The average molecular weight is 253 g/mol. The summed E-state index contributed by atoms with van der Waals surface area (Å²) in [4.78, 5) is 23.2. The first kappa shape index (κ1) is 14.7. The number of nitrogens with one attached hydrogen (secondary N) is 2. The van der Waals surface area contributed by atoms with Crippen LogP contribution in [0.15, 0.2) is 12.2 Å². The van der Waals surface area contributed by atoms with Crippen LogP contribution in [0.25, 0.3) is 0 Å². The summed E-state index contributed by atoms with van der Waals surface area (Å²) in [5.41, 5.74) is 5.68. The molecule has 0 aliphatic heterocycles. The highest BCUT2D eigenvalue weighted by atomic mass is 16.2. The molecule has 4 N–H and O–H groups in total. The van der Waals surface area contributed by atoms with Crippen molar-refractivity contribution in [2.24, 2.45) is 11.7 Å². The zero-order valence-corrected chi connectivity index (χ0v) is 11.1. The predicted molar refractivity (Wildman–Crippen MR) is 70.7 cm³/mol. The van der Waals surface area contributed by atoms with Crippen LogP contribution < -0.4 is 16.4 Å². The van der Waals surface area contributed by atoms with Crippen molar-refractivity contribution < 1.29 is 9.59 Å². The quantitative estimate of drug-likeness (QED) is 0.617. The molecule has 1 aliphatic carbocycles. The summed E-state index contributed by atoms with van der Waals surface area (Å²) in [6, 6.07) is -0.367. The molecule has 0 aromatic rings. The van der Waals surface area contributed by atoms with Crippen LogP contribution in [0.3, 0.4) is 0 Å². The Kier molecular flexibility index (Phi) is 5.85. The Hall–Kier alpha value is -1.36. The van der Waals surface area contributed by atoms with Crippen LogP contribution in [0.1, 0.15) is 33.1 Å². The molecule has 0 spiro atoms. The minimum Gasteiger partial charge on any atom is -0.352 e. The maximum Gasteiger partial charge on any atom is 0.239 e. The van der Waals surface area contributed by atoms with Gasteiger partial charge in [-0.3, -0.25) is 9.59 Å². The third-order valence-corrected chi connectivity index (χ3v) is 3.08. The van der Waals surface area contributed by atoms with Gasteiger partial charge in [-0.25, -0.2) is 0 Å². The van der Waals surface area contributed by atoms with Crippen molar-refractivity contribution >= 4 is 11.8 Å². The van der Waals surface area contributed by atoms with E-state index in [0.29, 0.717) is 0 Å². The van der Waals surface area contributed by atoms with Crippen molar-refractivity contribution in [3.05, 3.63) is 12.2 Å². The van der Waals surface area contributed by atoms with Gasteiger partial charge in [0, 0.05) is 6.04 Å². The SMILES string of the molecule is CC(C)[C@H](N)C(=O)NCC(=O)NC1CC=CCC1. The Morgan fingerprint density at radius 3 is 2.67 bits per heavy atom. The third-order valence-electron chi connectivity index (χ3n) is 3.08. The van der Waals surface area contributed by atoms with Gasteiger partial charge in [0.15, 0.2) is 0 Å². The molecule has 0 saturated heterocycles. The van der Waals surface area contributed by atoms with Gasteiger partial charge >= 0.3 is 0 Å². The number of rotatable bonds is 5. The first-order valence-corrected chi connectivity index (χ1v) is 6.48. The van der Waals surface area contributed by atoms with Crippen molar-refractivity contribution in [2.75, 3.05) is 6.54 Å². The third kappa shape index (κ3) is 4.87. The fourth-order valence-corrected chi connectivity index (χ4v) is 1.79. The van der Waals surface area contributed by atoms with E-state index in [4.69, 9.17) is 5.73 Å². The number of hydrogen-bond donors (Lipinski definition) is 3. The first-order valence-electron chi connectivity index (χ1n) is 6.48. The van der Waals surface area contributed by atoms with Crippen molar-refractivity contribution in [1.82, 2.24) is 10.6 Å². The zero-order chi connectivity index (χ0) is 13.5. The highest BCUT2D eigenvalue weighted by Crippen LogP contribution is 2.09. The Balaban J connectivity index is 2.24. The van der Waals surface area contributed by atoms with Gasteiger partial charge < -0.3 is 16.4 Å². The average Bonchev–Trinajstić information content (AvgIpc) is 2.36. The van der Waals surface area contributed by atoms with Crippen molar-refractivity contribution in [1.29, 1.82) is 0 Å². The number of nitrogens with two attached hydrogens (primary N) is 1. The topological polar surface area (TPSA) is 84.2 Å². The van der Waals surface area contributed by atoms with E-state index in [2.05, 4.69) is 22.8 Å². The number of allylic oxidation sites excluding steroid dienone is 1. The van der Waals surface area contributed by atoms with Crippen LogP contribution in [0.5, 0.6) is 0 Å². The van der Waals surface area contributed by atoms with Crippen LogP contribution in [-0.2, 0) is 9.59 Å². The lowest BCUT2D eigenvalue weighted by Crippen LogP contribution is -2.48. The lowest BCUT2D eigenvalue weighted by molar-refractivity contribution is -0.127. The number of carbonyl (C=O) groups excluding carboxylic acids is 2. The minimum atomic E-state index is -0.560. The Labute approximate surface area is 108 Å². The van der Waals surface area contributed by atoms with Gasteiger partial charge in [0.05, 0.1) is 12.6 Å². The van der Waals surface area contributed by atoms with Crippen LogP contribution in [0.2, 0.25) is 0 Å². The van der Waals surface area contributed by atoms with Crippen LogP contribution in [0, 0.1) is 5.92 Å². The van der Waals surface area contributed by atoms with Crippen LogP contribution in [0.4, 0.5) is 0 Å². The molecule has 5 nitrogen and oxygen atoms in total. The van der Waals surface area contributed by atoms with E-state index < -0.39 is 6.04 Å². The van der Waals surface area contributed by atoms with E-state index in [9.17, 15) is 9.59 Å². The summed E-state index contributed by atoms with van der Waals surface area (Å²) in [6.45, 7) is 3.75. The second-order valence-electron chi connectivity index (χ2n) is 5.04. The van der Waals surface area contributed by atoms with E-state index in [1.54, 1.807) is 0 Å². The summed E-state index contributed by atoms with van der Waals surface area (Å²) in [5.74, 6) is -0.361. The standard InChI is InChI=1S/C13H23N3O2/c1-9(2)12(14)13(18)15-8-11(17)16-10-6-4-3-5-7-10/h3-4,9-10,12H,5-8,14H2,1-2H3,(H,15,18)(H,16,17)/t10?,12-/m0/s1. The van der Waals surface area contributed by atoms with Gasteiger partial charge in [-0.05, 0) is 25.2 Å². The molecule has 102 valence electrons. The highest BCUT2D eigenvalue weighted by molar-refractivity contribution is 5.87. The van der Waals surface area contributed by atoms with E-state index in [0.717, 1.165) is 19.3 Å². The summed E-state index contributed by atoms with van der Waals surface area (Å²) >= 11 is 0. The molecular weight excluding hydrogens is 230 g/mol. The van der Waals surface area contributed by atoms with Gasteiger partial charge in [0.25, 0.3) is 0 Å². The molecule has 18 heavy (non-hydrogen) atoms. The largest absolute Gasteiger partial charge is 0.352 e. The molecule has 5 heteroatoms. The maximum absolute atomic E-state index is 11.6. The lowest BCUT2D eigenvalue weighted by Gasteiger charge is -2.20. The number of hydrogen-bond acceptors (Lipinski definition) is 3. The Morgan fingerprint density at radius 1 is 1.39 bits per heavy atom. The number of carbonyl (C=O) groups is 2. The first-order chi connectivity index (χ1) is 8.50. The molecule has 0 heterocycles. The maximum atomic E-state index is 11.6. The summed E-state index contributed by atoms with van der Waals surface area (Å²) < 4.78 is 0. The minimum absolute atomic E-state index is 0.000528. The molecule has 0 aromatic carbocycles. The molecule has 0 fully saturated rings. The molecule has 2 amide bonds. The van der Waals surface area contributed by atoms with E-state index >= 15 is 0 Å². The van der Waals surface area contributed by atoms with Crippen molar-refractivity contribution in [3.8, 4) is 0 Å². The van der Waals surface area contributed by atoms with Crippen molar-refractivity contribution in [2.45, 2.75) is 45.2 Å². The van der Waals surface area contributed by atoms with E-state index in [1.165, 1.54) is 0 Å². The van der Waals surface area contributed by atoms with Gasteiger partial charge in [-0.15, -0.1) is 0 Å². The highest BCUT2D eigenvalue weighted by Gasteiger charge is 2.18. The van der Waals surface area contributed by atoms with E-state index in [-0.39, 0.29) is 30.3 Å². The summed E-state index contributed by atoms with van der Waals surface area (Å²) in [7, 11) is 0. The Morgan fingerprint density at radius 2 is 2.11 bits per heavy atom. The second-order valence-corrected chi connectivity index (χ2v) is 5.04. The summed E-state index contributed by atoms with van der Waals surface area (Å²) in [5, 5.41) is 5.46. The Bertz CT molecular complexity index is 326. The molecule has 0 bridgehead atoms. The molecule has 0 radical (unpaired) electrons. The van der Waals surface area contributed by atoms with Crippen molar-refractivity contribution in [3.63, 3.8) is 0 Å². The van der Waals surface area contributed by atoms with Gasteiger partial charge in [0.2, 0.25) is 11.8 Å². The number of amides is 2. The van der Waals surface area contributed by atoms with Gasteiger partial charge in [-0.1, -0.05) is 26.0 Å². The smallest absolute Gasteiger partial charge is 0.239 e. The fourth-order valence-electron chi connectivity index (χ4n) is 1.79. The molecule has 1 aliphatic rings.